The van der Waals surface area contributed by atoms with E-state index in [0.717, 1.165) is 11.6 Å². The summed E-state index contributed by atoms with van der Waals surface area (Å²) in [6, 6.07) is 12.5. The van der Waals surface area contributed by atoms with E-state index in [2.05, 4.69) is 20.9 Å². The van der Waals surface area contributed by atoms with Crippen molar-refractivity contribution in [3.63, 3.8) is 0 Å². The van der Waals surface area contributed by atoms with E-state index in [-0.39, 0.29) is 28.3 Å². The first-order valence-corrected chi connectivity index (χ1v) is 13.5. The number of piperidine rings is 1. The van der Waals surface area contributed by atoms with Gasteiger partial charge in [0.25, 0.3) is 5.91 Å². The predicted octanol–water partition coefficient (Wildman–Crippen LogP) is 2.78. The van der Waals surface area contributed by atoms with E-state index >= 15 is 0 Å². The monoisotopic (exact) mass is 552 g/mol. The molecule has 3 aromatic rings. The van der Waals surface area contributed by atoms with E-state index < -0.39 is 17.3 Å². The summed E-state index contributed by atoms with van der Waals surface area (Å²) in [5, 5.41) is 14.5. The van der Waals surface area contributed by atoms with Crippen LogP contribution < -0.4 is 10.6 Å². The number of aryl methyl sites for hydroxylation is 1. The van der Waals surface area contributed by atoms with Crippen molar-refractivity contribution < 1.29 is 18.8 Å². The molecule has 0 radical (unpaired) electrons. The number of likely N-dealkylation sites (tertiary alicyclic amines) is 1. The van der Waals surface area contributed by atoms with E-state index in [0.29, 0.717) is 64.0 Å². The maximum atomic E-state index is 14.0. The van der Waals surface area contributed by atoms with E-state index in [4.69, 9.17) is 11.6 Å². The van der Waals surface area contributed by atoms with Crippen LogP contribution in [0.25, 0.3) is 0 Å². The fraction of sp³-hybridized carbons (Fsp3) is 0.393. The van der Waals surface area contributed by atoms with Crippen LogP contribution in [0.15, 0.2) is 54.7 Å². The molecule has 0 aliphatic carbocycles. The average Bonchev–Trinajstić information content (AvgIpc) is 3.37. The zero-order valence-corrected chi connectivity index (χ0v) is 22.2. The number of hydrogen-bond donors (Lipinski definition) is 2. The van der Waals surface area contributed by atoms with Crippen molar-refractivity contribution in [2.75, 3.05) is 19.6 Å². The maximum Gasteiger partial charge on any atom is 0.255 e. The number of carbonyl (C=O) groups is 3. The van der Waals surface area contributed by atoms with E-state index in [9.17, 15) is 18.8 Å². The van der Waals surface area contributed by atoms with Gasteiger partial charge in [0.2, 0.25) is 11.8 Å². The van der Waals surface area contributed by atoms with Crippen LogP contribution in [-0.4, -0.2) is 63.3 Å². The Kier molecular flexibility index (Phi) is 7.92. The van der Waals surface area contributed by atoms with Crippen LogP contribution in [0.3, 0.4) is 0 Å². The van der Waals surface area contributed by atoms with Crippen molar-refractivity contribution in [2.24, 2.45) is 5.41 Å². The Morgan fingerprint density at radius 1 is 1.10 bits per heavy atom. The largest absolute Gasteiger partial charge is 0.354 e. The standard InChI is InChI=1S/C28H30ClFN6O3/c29-23-16-20(30)7-8-22(23)26(38)35-13-9-28(10-14-35)17-21-18-36(34-33-21)12-4-11-31-25(37)24(32-27(28)39)15-19-5-2-1-3-6-19/h1-3,5-8,16,18,24H,4,9-15,17H2,(H,31,37)(H,32,39)/t24-/m0/s1. The van der Waals surface area contributed by atoms with Crippen LogP contribution in [-0.2, 0) is 29.0 Å². The second kappa shape index (κ2) is 11.5. The van der Waals surface area contributed by atoms with Gasteiger partial charge in [-0.2, -0.15) is 0 Å². The molecule has 11 heteroatoms. The molecule has 3 heterocycles. The van der Waals surface area contributed by atoms with E-state index in [1.807, 2.05) is 36.5 Å². The summed E-state index contributed by atoms with van der Waals surface area (Å²) in [6.07, 6.45) is 3.92. The van der Waals surface area contributed by atoms with Crippen LogP contribution in [0, 0.1) is 11.2 Å². The first kappa shape index (κ1) is 26.8. The Hall–Kier alpha value is -3.79. The third kappa shape index (κ3) is 6.11. The zero-order chi connectivity index (χ0) is 27.4. The van der Waals surface area contributed by atoms with Gasteiger partial charge in [-0.25, -0.2) is 4.39 Å². The first-order valence-electron chi connectivity index (χ1n) is 13.1. The van der Waals surface area contributed by atoms with Crippen molar-refractivity contribution in [1.29, 1.82) is 0 Å². The molecule has 1 fully saturated rings. The number of rotatable bonds is 3. The van der Waals surface area contributed by atoms with Crippen LogP contribution in [0.4, 0.5) is 4.39 Å². The SMILES string of the molecule is O=C1NCCCn2cc(nn2)CC2(CCN(C(=O)c3ccc(F)cc3Cl)CC2)C(=O)N[C@H]1Cc1ccccc1. The molecule has 1 spiro atoms. The van der Waals surface area contributed by atoms with Gasteiger partial charge in [0.05, 0.1) is 21.7 Å². The molecule has 2 aromatic carbocycles. The molecule has 1 atom stereocenters. The fourth-order valence-corrected chi connectivity index (χ4v) is 5.53. The van der Waals surface area contributed by atoms with Gasteiger partial charge in [-0.1, -0.05) is 47.1 Å². The summed E-state index contributed by atoms with van der Waals surface area (Å²) in [7, 11) is 0. The number of carbonyl (C=O) groups excluding carboxylic acids is 3. The number of hydrogen-bond acceptors (Lipinski definition) is 5. The average molecular weight is 553 g/mol. The highest BCUT2D eigenvalue weighted by Gasteiger charge is 2.44. The number of nitrogens with zero attached hydrogens (tertiary/aromatic N) is 4. The van der Waals surface area contributed by atoms with Crippen molar-refractivity contribution in [1.82, 2.24) is 30.5 Å². The molecule has 2 aliphatic rings. The topological polar surface area (TPSA) is 109 Å². The quantitative estimate of drug-likeness (QED) is 0.519. The summed E-state index contributed by atoms with van der Waals surface area (Å²) in [5.41, 5.74) is 0.947. The molecule has 0 saturated carbocycles. The van der Waals surface area contributed by atoms with Crippen molar-refractivity contribution in [3.05, 3.63) is 82.4 Å². The van der Waals surface area contributed by atoms with Crippen molar-refractivity contribution in [2.45, 2.75) is 44.7 Å². The Bertz CT molecular complexity index is 1360. The molecule has 5 rings (SSSR count). The van der Waals surface area contributed by atoms with Gasteiger partial charge in [0.1, 0.15) is 11.9 Å². The molecule has 2 aliphatic heterocycles. The second-order valence-corrected chi connectivity index (χ2v) is 10.6. The minimum absolute atomic E-state index is 0.0477. The normalized spacial score (nSPS) is 19.8. The lowest BCUT2D eigenvalue weighted by molar-refractivity contribution is -0.137. The molecule has 204 valence electrons. The predicted molar refractivity (Wildman–Crippen MR) is 142 cm³/mol. The summed E-state index contributed by atoms with van der Waals surface area (Å²) >= 11 is 6.14. The molecular formula is C28H30ClFN6O3. The number of halogens is 2. The molecule has 39 heavy (non-hydrogen) atoms. The molecule has 9 nitrogen and oxygen atoms in total. The number of amides is 3. The summed E-state index contributed by atoms with van der Waals surface area (Å²) in [5.74, 6) is -1.32. The van der Waals surface area contributed by atoms with Gasteiger partial charge < -0.3 is 15.5 Å². The molecule has 0 unspecified atom stereocenters. The Morgan fingerprint density at radius 3 is 2.62 bits per heavy atom. The molecule has 1 aromatic heterocycles. The summed E-state index contributed by atoms with van der Waals surface area (Å²) < 4.78 is 15.2. The second-order valence-electron chi connectivity index (χ2n) is 10.2. The van der Waals surface area contributed by atoms with Gasteiger partial charge in [-0.05, 0) is 43.0 Å². The Balaban J connectivity index is 1.39. The summed E-state index contributed by atoms with van der Waals surface area (Å²) in [4.78, 5) is 41.9. The van der Waals surface area contributed by atoms with Crippen LogP contribution in [0.2, 0.25) is 5.02 Å². The number of benzene rings is 2. The number of fused-ring (bicyclic) bond motifs is 2. The Labute approximate surface area is 230 Å². The van der Waals surface area contributed by atoms with Crippen molar-refractivity contribution in [3.8, 4) is 0 Å². The lowest BCUT2D eigenvalue weighted by atomic mass is 9.73. The minimum atomic E-state index is -0.895. The third-order valence-electron chi connectivity index (χ3n) is 7.52. The summed E-state index contributed by atoms with van der Waals surface area (Å²) in [6.45, 7) is 1.63. The fourth-order valence-electron chi connectivity index (χ4n) is 5.28. The third-order valence-corrected chi connectivity index (χ3v) is 7.84. The molecule has 3 amide bonds. The van der Waals surface area contributed by atoms with Gasteiger partial charge in [0.15, 0.2) is 0 Å². The smallest absolute Gasteiger partial charge is 0.255 e. The number of nitrogens with one attached hydrogen (secondary N) is 2. The zero-order valence-electron chi connectivity index (χ0n) is 21.4. The maximum absolute atomic E-state index is 14.0. The van der Waals surface area contributed by atoms with Gasteiger partial charge >= 0.3 is 0 Å². The lowest BCUT2D eigenvalue weighted by Gasteiger charge is -2.41. The Morgan fingerprint density at radius 2 is 1.87 bits per heavy atom. The highest BCUT2D eigenvalue weighted by molar-refractivity contribution is 6.33. The van der Waals surface area contributed by atoms with E-state index in [1.165, 1.54) is 12.1 Å². The highest BCUT2D eigenvalue weighted by Crippen LogP contribution is 2.36. The molecule has 2 N–H and O–H groups in total. The van der Waals surface area contributed by atoms with Crippen LogP contribution in [0.5, 0.6) is 0 Å². The van der Waals surface area contributed by atoms with Crippen molar-refractivity contribution >= 4 is 29.3 Å². The lowest BCUT2D eigenvalue weighted by Crippen LogP contribution is -2.56. The van der Waals surface area contributed by atoms with Crippen LogP contribution in [0.1, 0.15) is 40.9 Å². The molecule has 1 saturated heterocycles. The minimum Gasteiger partial charge on any atom is -0.354 e. The first-order chi connectivity index (χ1) is 18.8. The van der Waals surface area contributed by atoms with Gasteiger partial charge in [-0.15, -0.1) is 5.10 Å². The van der Waals surface area contributed by atoms with E-state index in [1.54, 1.807) is 9.58 Å². The highest BCUT2D eigenvalue weighted by atomic mass is 35.5. The number of aromatic nitrogens is 3. The van der Waals surface area contributed by atoms with Gasteiger partial charge in [-0.3, -0.25) is 19.1 Å². The van der Waals surface area contributed by atoms with Crippen LogP contribution >= 0.6 is 11.6 Å². The van der Waals surface area contributed by atoms with Gasteiger partial charge in [0, 0.05) is 45.2 Å². The molecule has 2 bridgehead atoms. The molecular weight excluding hydrogens is 523 g/mol.